The summed E-state index contributed by atoms with van der Waals surface area (Å²) in [6.07, 6.45) is 6.15. The van der Waals surface area contributed by atoms with Crippen molar-refractivity contribution in [2.75, 3.05) is 11.5 Å². The van der Waals surface area contributed by atoms with E-state index in [2.05, 4.69) is 68.3 Å². The molecule has 0 aliphatic heterocycles. The molecule has 6 nitrogen and oxygen atoms in total. The molecule has 0 atom stereocenters. The van der Waals surface area contributed by atoms with Crippen molar-refractivity contribution in [2.24, 2.45) is 7.05 Å². The number of pyridine rings is 2. The number of hydrogen-bond acceptors (Lipinski definition) is 4. The fourth-order valence-electron chi connectivity index (χ4n) is 4.17. The predicted molar refractivity (Wildman–Crippen MR) is 121 cm³/mol. The van der Waals surface area contributed by atoms with E-state index in [1.54, 1.807) is 6.20 Å². The average molecular weight is 391 g/mol. The Bertz CT molecular complexity index is 1220. The van der Waals surface area contributed by atoms with E-state index in [9.17, 15) is 0 Å². The Morgan fingerprint density at radius 2 is 1.72 bits per heavy atom. The number of aromatic nitrogens is 4. The van der Waals surface area contributed by atoms with Crippen molar-refractivity contribution in [3.8, 4) is 0 Å². The molecule has 4 heterocycles. The van der Waals surface area contributed by atoms with Gasteiger partial charge in [-0.2, -0.15) is 0 Å². The molecule has 0 spiro atoms. The van der Waals surface area contributed by atoms with Crippen molar-refractivity contribution < 1.29 is 0 Å². The van der Waals surface area contributed by atoms with E-state index in [0.717, 1.165) is 38.9 Å². The molecular weight excluding hydrogens is 360 g/mol. The van der Waals surface area contributed by atoms with E-state index in [1.165, 1.54) is 5.69 Å². The number of rotatable bonds is 3. The first-order valence-electron chi connectivity index (χ1n) is 9.95. The van der Waals surface area contributed by atoms with Gasteiger partial charge in [0.15, 0.2) is 0 Å². The lowest BCUT2D eigenvalue weighted by Crippen LogP contribution is -2.22. The molecule has 4 rings (SSSR count). The zero-order valence-electron chi connectivity index (χ0n) is 18.1. The first-order chi connectivity index (χ1) is 13.5. The van der Waals surface area contributed by atoms with Crippen LogP contribution < -0.4 is 11.5 Å². The van der Waals surface area contributed by atoms with Gasteiger partial charge < -0.3 is 21.0 Å². The number of H-pyrrole nitrogens is 1. The summed E-state index contributed by atoms with van der Waals surface area (Å²) in [4.78, 5) is 12.4. The highest BCUT2D eigenvalue weighted by atomic mass is 15.0. The molecule has 0 bridgehead atoms. The maximum atomic E-state index is 6.61. The zero-order chi connectivity index (χ0) is 21.1. The summed E-state index contributed by atoms with van der Waals surface area (Å²) in [5, 5.41) is 2.07. The minimum absolute atomic E-state index is 0.0396. The molecule has 152 valence electrons. The SMILES string of the molecule is Cn1c(C(C)(C)C)cc2c(N)c(CC(C)(C)c3cc4c(N)cncc4[nH]3)ncc21. The highest BCUT2D eigenvalue weighted by molar-refractivity contribution is 5.93. The molecule has 0 radical (unpaired) electrons. The van der Waals surface area contributed by atoms with Crippen LogP contribution in [0.4, 0.5) is 11.4 Å². The third-order valence-electron chi connectivity index (χ3n) is 5.91. The van der Waals surface area contributed by atoms with Crippen LogP contribution in [-0.4, -0.2) is 19.5 Å². The second-order valence-corrected chi connectivity index (χ2v) is 9.69. The largest absolute Gasteiger partial charge is 0.397 e. The van der Waals surface area contributed by atoms with Gasteiger partial charge in [0.05, 0.1) is 46.7 Å². The Hall–Kier alpha value is -3.02. The van der Waals surface area contributed by atoms with Gasteiger partial charge in [-0.05, 0) is 12.1 Å². The summed E-state index contributed by atoms with van der Waals surface area (Å²) in [7, 11) is 2.08. The van der Waals surface area contributed by atoms with Gasteiger partial charge in [0.1, 0.15) is 0 Å². The molecule has 0 aromatic carbocycles. The molecule has 0 amide bonds. The Morgan fingerprint density at radius 1 is 1.00 bits per heavy atom. The molecule has 0 saturated heterocycles. The number of fused-ring (bicyclic) bond motifs is 2. The normalized spacial score (nSPS) is 12.9. The highest BCUT2D eigenvalue weighted by Gasteiger charge is 2.27. The quantitative estimate of drug-likeness (QED) is 0.482. The minimum Gasteiger partial charge on any atom is -0.397 e. The maximum Gasteiger partial charge on any atom is 0.0687 e. The Kier molecular flexibility index (Phi) is 4.15. The first-order valence-corrected chi connectivity index (χ1v) is 9.95. The Labute approximate surface area is 171 Å². The fraction of sp³-hybridized carbons (Fsp3) is 0.391. The second-order valence-electron chi connectivity index (χ2n) is 9.69. The molecule has 0 aliphatic rings. The molecule has 5 N–H and O–H groups in total. The van der Waals surface area contributed by atoms with Gasteiger partial charge in [-0.25, -0.2) is 0 Å². The van der Waals surface area contributed by atoms with Crippen LogP contribution in [0.3, 0.4) is 0 Å². The molecular formula is C23H30N6. The average Bonchev–Trinajstić information content (AvgIpc) is 3.21. The van der Waals surface area contributed by atoms with Gasteiger partial charge in [-0.15, -0.1) is 0 Å². The van der Waals surface area contributed by atoms with Crippen molar-refractivity contribution >= 4 is 33.2 Å². The zero-order valence-corrected chi connectivity index (χ0v) is 18.1. The van der Waals surface area contributed by atoms with E-state index in [-0.39, 0.29) is 10.8 Å². The van der Waals surface area contributed by atoms with Gasteiger partial charge in [0.2, 0.25) is 0 Å². The van der Waals surface area contributed by atoms with Crippen molar-refractivity contribution in [2.45, 2.75) is 51.9 Å². The monoisotopic (exact) mass is 390 g/mol. The summed E-state index contributed by atoms with van der Waals surface area (Å²) in [6, 6.07) is 4.32. The third-order valence-corrected chi connectivity index (χ3v) is 5.91. The lowest BCUT2D eigenvalue weighted by Gasteiger charge is -2.24. The standard InChI is InChI=1S/C23H30N6/c1-22(2,3)20-8-14-18(29(20)6)12-27-16(21(14)25)9-23(4,5)19-7-13-15(24)10-26-11-17(13)28-19/h7-8,10-12,28H,9,24-25H2,1-6H3. The number of nitrogens with zero attached hydrogens (tertiary/aromatic N) is 3. The number of nitrogen functional groups attached to an aromatic ring is 2. The summed E-state index contributed by atoms with van der Waals surface area (Å²) >= 11 is 0. The van der Waals surface area contributed by atoms with Gasteiger partial charge >= 0.3 is 0 Å². The topological polar surface area (TPSA) is 98.5 Å². The van der Waals surface area contributed by atoms with E-state index in [0.29, 0.717) is 12.1 Å². The number of aromatic amines is 1. The van der Waals surface area contributed by atoms with E-state index >= 15 is 0 Å². The predicted octanol–water partition coefficient (Wildman–Crippen LogP) is 4.43. The summed E-state index contributed by atoms with van der Waals surface area (Å²) < 4.78 is 2.20. The van der Waals surface area contributed by atoms with Crippen LogP contribution >= 0.6 is 0 Å². The van der Waals surface area contributed by atoms with Crippen molar-refractivity contribution in [3.63, 3.8) is 0 Å². The van der Waals surface area contributed by atoms with Crippen LogP contribution in [0.1, 0.15) is 51.7 Å². The van der Waals surface area contributed by atoms with Crippen LogP contribution in [0.25, 0.3) is 21.8 Å². The fourth-order valence-corrected chi connectivity index (χ4v) is 4.17. The molecule has 4 aromatic heterocycles. The van der Waals surface area contributed by atoms with Crippen LogP contribution in [0.15, 0.2) is 30.7 Å². The minimum atomic E-state index is -0.193. The molecule has 29 heavy (non-hydrogen) atoms. The number of anilines is 2. The smallest absolute Gasteiger partial charge is 0.0687 e. The first kappa shape index (κ1) is 19.3. The lowest BCUT2D eigenvalue weighted by atomic mass is 9.83. The Morgan fingerprint density at radius 3 is 2.38 bits per heavy atom. The molecule has 4 aromatic rings. The maximum absolute atomic E-state index is 6.61. The van der Waals surface area contributed by atoms with Gasteiger partial charge in [0, 0.05) is 46.5 Å². The second kappa shape index (κ2) is 6.24. The Balaban J connectivity index is 1.76. The van der Waals surface area contributed by atoms with Crippen LogP contribution in [0.5, 0.6) is 0 Å². The molecule has 0 unspecified atom stereocenters. The lowest BCUT2D eigenvalue weighted by molar-refractivity contribution is 0.504. The molecule has 6 heteroatoms. The molecule has 0 saturated carbocycles. The summed E-state index contributed by atoms with van der Waals surface area (Å²) in [5.41, 5.74) is 19.3. The van der Waals surface area contributed by atoms with E-state index < -0.39 is 0 Å². The van der Waals surface area contributed by atoms with Crippen molar-refractivity contribution in [1.29, 1.82) is 0 Å². The number of nitrogens with one attached hydrogen (secondary N) is 1. The van der Waals surface area contributed by atoms with E-state index in [1.807, 2.05) is 12.4 Å². The van der Waals surface area contributed by atoms with Gasteiger partial charge in [-0.1, -0.05) is 34.6 Å². The van der Waals surface area contributed by atoms with Gasteiger partial charge in [0.25, 0.3) is 0 Å². The number of nitrogens with two attached hydrogens (primary N) is 2. The van der Waals surface area contributed by atoms with E-state index in [4.69, 9.17) is 16.5 Å². The molecule has 0 fully saturated rings. The van der Waals surface area contributed by atoms with Crippen LogP contribution in [-0.2, 0) is 24.3 Å². The summed E-state index contributed by atoms with van der Waals surface area (Å²) in [5.74, 6) is 0. The number of hydrogen-bond donors (Lipinski definition) is 3. The number of aryl methyl sites for hydroxylation is 1. The van der Waals surface area contributed by atoms with Crippen LogP contribution in [0.2, 0.25) is 0 Å². The van der Waals surface area contributed by atoms with Gasteiger partial charge in [-0.3, -0.25) is 9.97 Å². The van der Waals surface area contributed by atoms with Crippen molar-refractivity contribution in [1.82, 2.24) is 19.5 Å². The summed E-state index contributed by atoms with van der Waals surface area (Å²) in [6.45, 7) is 11.0. The third kappa shape index (κ3) is 3.12. The van der Waals surface area contributed by atoms with Crippen LogP contribution in [0, 0.1) is 0 Å². The van der Waals surface area contributed by atoms with Crippen molar-refractivity contribution in [3.05, 3.63) is 47.8 Å². The highest BCUT2D eigenvalue weighted by Crippen LogP contribution is 2.36. The molecule has 0 aliphatic carbocycles.